The van der Waals surface area contributed by atoms with Gasteiger partial charge in [-0.15, -0.1) is 11.3 Å². The van der Waals surface area contributed by atoms with Crippen molar-refractivity contribution in [1.82, 2.24) is 14.6 Å². The number of thiazole rings is 1. The number of nitrogens with one attached hydrogen (secondary N) is 1. The van der Waals surface area contributed by atoms with E-state index < -0.39 is 34.7 Å². The molecule has 2 heterocycles. The van der Waals surface area contributed by atoms with Gasteiger partial charge in [0, 0.05) is 5.38 Å². The molecular formula is C9H10KN5O6S2. The predicted octanol–water partition coefficient (Wildman–Crippen LogP) is -5.13. The van der Waals surface area contributed by atoms with Gasteiger partial charge >= 0.3 is 51.4 Å². The molecule has 1 fully saturated rings. The van der Waals surface area contributed by atoms with Gasteiger partial charge in [-0.25, -0.2) is 17.7 Å². The van der Waals surface area contributed by atoms with E-state index in [1.54, 1.807) is 0 Å². The molecule has 0 radical (unpaired) electrons. The number of nitrogen functional groups attached to an aromatic ring is 1. The zero-order valence-corrected chi connectivity index (χ0v) is 16.8. The molecule has 120 valence electrons. The summed E-state index contributed by atoms with van der Waals surface area (Å²) in [6.45, 7) is -0.435. The molecule has 0 aliphatic carbocycles. The van der Waals surface area contributed by atoms with E-state index >= 15 is 0 Å². The third-order valence-electron chi connectivity index (χ3n) is 2.63. The summed E-state index contributed by atoms with van der Waals surface area (Å²) >= 11 is 1.07. The number of carbonyl (C=O) groups excluding carboxylic acids is 2. The molecule has 1 atom stereocenters. The first-order valence-corrected chi connectivity index (χ1v) is 7.89. The van der Waals surface area contributed by atoms with Crippen LogP contribution in [0.4, 0.5) is 5.13 Å². The van der Waals surface area contributed by atoms with Gasteiger partial charge in [0.25, 0.3) is 11.8 Å². The second-order valence-corrected chi connectivity index (χ2v) is 6.23. The SMILES string of the molecule is CO/N=C(\C(=O)NC1CN(S(=O)(=O)[O-])C1=O)c1csc(N)n1.[K+]. The normalized spacial score (nSPS) is 18.0. The molecule has 0 aromatic carbocycles. The first-order chi connectivity index (χ1) is 10.2. The molecule has 0 spiro atoms. The van der Waals surface area contributed by atoms with E-state index in [4.69, 9.17) is 5.73 Å². The van der Waals surface area contributed by atoms with Crippen molar-refractivity contribution in [3.63, 3.8) is 0 Å². The molecule has 2 amide bonds. The molecule has 1 saturated heterocycles. The average molecular weight is 387 g/mol. The van der Waals surface area contributed by atoms with Gasteiger partial charge in [0.2, 0.25) is 0 Å². The van der Waals surface area contributed by atoms with Crippen LogP contribution in [-0.4, -0.2) is 59.5 Å². The van der Waals surface area contributed by atoms with Crippen LogP contribution in [0.2, 0.25) is 0 Å². The summed E-state index contributed by atoms with van der Waals surface area (Å²) in [6, 6.07) is -1.13. The van der Waals surface area contributed by atoms with Gasteiger partial charge in [0.1, 0.15) is 18.8 Å². The number of oxime groups is 1. The summed E-state index contributed by atoms with van der Waals surface area (Å²) < 4.78 is 32.2. The van der Waals surface area contributed by atoms with Crippen molar-refractivity contribution in [1.29, 1.82) is 0 Å². The van der Waals surface area contributed by atoms with Gasteiger partial charge in [0.05, 0.1) is 6.54 Å². The third kappa shape index (κ3) is 4.69. The number of aromatic nitrogens is 1. The minimum Gasteiger partial charge on any atom is -0.731 e. The second kappa shape index (κ2) is 7.97. The minimum atomic E-state index is -4.86. The van der Waals surface area contributed by atoms with Crippen molar-refractivity contribution in [2.75, 3.05) is 19.4 Å². The maximum atomic E-state index is 12.1. The van der Waals surface area contributed by atoms with Crippen LogP contribution in [0.15, 0.2) is 10.5 Å². The molecule has 1 aromatic heterocycles. The number of amides is 2. The molecule has 1 aromatic rings. The van der Waals surface area contributed by atoms with E-state index in [9.17, 15) is 22.6 Å². The Kier molecular flexibility index (Phi) is 7.08. The molecule has 1 unspecified atom stereocenters. The van der Waals surface area contributed by atoms with Gasteiger partial charge in [-0.1, -0.05) is 5.16 Å². The topological polar surface area (TPSA) is 167 Å². The fourth-order valence-corrected chi connectivity index (χ4v) is 2.85. The Morgan fingerprint density at radius 1 is 1.65 bits per heavy atom. The Balaban J connectivity index is 0.00000264. The summed E-state index contributed by atoms with van der Waals surface area (Å²) in [5.74, 6) is -1.83. The van der Waals surface area contributed by atoms with Crippen molar-refractivity contribution in [3.8, 4) is 0 Å². The zero-order chi connectivity index (χ0) is 16.5. The standard InChI is InChI=1S/C9H11N5O6S2.K/c1-20-13-6(5-3-21-9(10)12-5)7(15)11-4-2-14(8(4)16)22(17,18)19;/h3-4H,2H2,1H3,(H2,10,12)(H,11,15)(H,17,18,19);/q;+1/p-1/b13-6-;. The van der Waals surface area contributed by atoms with Gasteiger partial charge in [-0.05, 0) is 0 Å². The summed E-state index contributed by atoms with van der Waals surface area (Å²) in [7, 11) is -3.65. The molecule has 23 heavy (non-hydrogen) atoms. The van der Waals surface area contributed by atoms with Crippen LogP contribution in [0.25, 0.3) is 0 Å². The van der Waals surface area contributed by atoms with Gasteiger partial charge in [0.15, 0.2) is 21.1 Å². The Labute approximate surface area is 177 Å². The van der Waals surface area contributed by atoms with E-state index in [0.717, 1.165) is 11.3 Å². The summed E-state index contributed by atoms with van der Waals surface area (Å²) in [5, 5.41) is 7.41. The van der Waals surface area contributed by atoms with Crippen LogP contribution in [-0.2, 0) is 24.7 Å². The first kappa shape index (κ1) is 20.4. The largest absolute Gasteiger partial charge is 1.00 e. The first-order valence-electron chi connectivity index (χ1n) is 5.65. The van der Waals surface area contributed by atoms with Crippen LogP contribution in [0.3, 0.4) is 0 Å². The number of hydrogen-bond donors (Lipinski definition) is 2. The van der Waals surface area contributed by atoms with Crippen LogP contribution < -0.4 is 62.4 Å². The minimum absolute atomic E-state index is 0. The maximum Gasteiger partial charge on any atom is 1.00 e. The summed E-state index contributed by atoms with van der Waals surface area (Å²) in [4.78, 5) is 31.9. The third-order valence-corrected chi connectivity index (χ3v) is 4.17. The van der Waals surface area contributed by atoms with Crippen molar-refractivity contribution in [2.24, 2.45) is 5.16 Å². The Morgan fingerprint density at radius 2 is 2.30 bits per heavy atom. The number of rotatable bonds is 5. The molecule has 11 nitrogen and oxygen atoms in total. The quantitative estimate of drug-likeness (QED) is 0.166. The van der Waals surface area contributed by atoms with Gasteiger partial charge in [-0.2, -0.15) is 0 Å². The van der Waals surface area contributed by atoms with E-state index in [2.05, 4.69) is 20.3 Å². The number of carbonyl (C=O) groups is 2. The smallest absolute Gasteiger partial charge is 0.731 e. The molecule has 1 aliphatic rings. The summed E-state index contributed by atoms with van der Waals surface area (Å²) in [6.07, 6.45) is 0. The molecule has 14 heteroatoms. The van der Waals surface area contributed by atoms with Gasteiger partial charge < -0.3 is 20.4 Å². The van der Waals surface area contributed by atoms with E-state index in [1.165, 1.54) is 12.5 Å². The Morgan fingerprint density at radius 3 is 2.74 bits per heavy atom. The van der Waals surface area contributed by atoms with Crippen LogP contribution in [0, 0.1) is 0 Å². The fourth-order valence-electron chi connectivity index (χ4n) is 1.62. The summed E-state index contributed by atoms with van der Waals surface area (Å²) in [5.41, 5.74) is 5.37. The van der Waals surface area contributed by atoms with E-state index in [0.29, 0.717) is 0 Å². The van der Waals surface area contributed by atoms with Crippen LogP contribution in [0.1, 0.15) is 5.69 Å². The van der Waals surface area contributed by atoms with Crippen LogP contribution in [0.5, 0.6) is 0 Å². The number of nitrogens with zero attached hydrogens (tertiary/aromatic N) is 3. The maximum absolute atomic E-state index is 12.1. The zero-order valence-electron chi connectivity index (χ0n) is 12.0. The molecule has 1 aliphatic heterocycles. The number of nitrogens with two attached hydrogens (primary N) is 1. The second-order valence-electron chi connectivity index (χ2n) is 4.05. The molecule has 2 rings (SSSR count). The van der Waals surface area contributed by atoms with Crippen molar-refractivity contribution >= 4 is 44.3 Å². The Bertz CT molecular complexity index is 747. The molecule has 0 bridgehead atoms. The molecule has 3 N–H and O–H groups in total. The van der Waals surface area contributed by atoms with Crippen molar-refractivity contribution < 1.29 is 78.8 Å². The van der Waals surface area contributed by atoms with E-state index in [1.807, 2.05) is 0 Å². The average Bonchev–Trinajstić information content (AvgIpc) is 2.84. The van der Waals surface area contributed by atoms with Crippen LogP contribution >= 0.6 is 11.3 Å². The fraction of sp³-hybridized carbons (Fsp3) is 0.333. The van der Waals surface area contributed by atoms with Crippen molar-refractivity contribution in [2.45, 2.75) is 6.04 Å². The molecular weight excluding hydrogens is 377 g/mol. The number of anilines is 1. The predicted molar refractivity (Wildman–Crippen MR) is 73.4 cm³/mol. The van der Waals surface area contributed by atoms with Gasteiger partial charge in [-0.3, -0.25) is 9.59 Å². The number of β-lactam (4-membered cyclic amide) rings is 1. The number of hydrogen-bond acceptors (Lipinski definition) is 10. The molecule has 0 saturated carbocycles. The Hall–Kier alpha value is -0.614. The van der Waals surface area contributed by atoms with E-state index in [-0.39, 0.29) is 72.2 Å². The van der Waals surface area contributed by atoms with Crippen molar-refractivity contribution in [3.05, 3.63) is 11.1 Å². The monoisotopic (exact) mass is 387 g/mol.